The predicted octanol–water partition coefficient (Wildman–Crippen LogP) is 3.48. The van der Waals surface area contributed by atoms with Crippen molar-refractivity contribution in [2.75, 3.05) is 31.6 Å². The molecule has 0 aliphatic carbocycles. The van der Waals surface area contributed by atoms with Gasteiger partial charge in [-0.2, -0.15) is 5.10 Å². The van der Waals surface area contributed by atoms with Crippen molar-refractivity contribution in [3.8, 4) is 0 Å². The lowest BCUT2D eigenvalue weighted by Crippen LogP contribution is -2.28. The molecule has 32 heavy (non-hydrogen) atoms. The van der Waals surface area contributed by atoms with Crippen LogP contribution in [0.3, 0.4) is 0 Å². The molecule has 0 spiro atoms. The maximum atomic E-state index is 13.8. The number of carbonyl (C=O) groups is 1. The van der Waals surface area contributed by atoms with Crippen LogP contribution in [0.2, 0.25) is 0 Å². The number of benzene rings is 1. The lowest BCUT2D eigenvalue weighted by atomic mass is 10.2. The van der Waals surface area contributed by atoms with E-state index < -0.39 is 17.5 Å². The summed E-state index contributed by atoms with van der Waals surface area (Å²) in [4.78, 5) is 21.4. The van der Waals surface area contributed by atoms with Crippen molar-refractivity contribution >= 4 is 34.5 Å². The van der Waals surface area contributed by atoms with Crippen LogP contribution in [0.15, 0.2) is 29.6 Å². The number of carbonyl (C=O) groups excluding carboxylic acids is 1. The SMILES string of the molecule is CCOCCNc1nc(SC(C)C)nc2c1cnn2CCNC(=O)c1ccc(F)cc1F. The van der Waals surface area contributed by atoms with E-state index in [1.807, 2.05) is 6.92 Å². The standard InChI is InChI=1S/C21H26F2N6O2S/c1-4-31-10-8-24-18-16-12-26-29(19(16)28-21(27-18)32-13(2)3)9-7-25-20(30)15-6-5-14(22)11-17(15)23/h5-6,11-13H,4,7-10H2,1-3H3,(H,25,30)(H,24,27,28). The summed E-state index contributed by atoms with van der Waals surface area (Å²) < 4.78 is 33.9. The number of nitrogens with zero attached hydrogens (tertiary/aromatic N) is 4. The van der Waals surface area contributed by atoms with E-state index in [0.29, 0.717) is 54.2 Å². The van der Waals surface area contributed by atoms with Gasteiger partial charge in [0, 0.05) is 31.0 Å². The molecule has 2 N–H and O–H groups in total. The van der Waals surface area contributed by atoms with Gasteiger partial charge < -0.3 is 15.4 Å². The fraction of sp³-hybridized carbons (Fsp3) is 0.429. The van der Waals surface area contributed by atoms with E-state index >= 15 is 0 Å². The van der Waals surface area contributed by atoms with Crippen molar-refractivity contribution in [2.45, 2.75) is 37.7 Å². The molecule has 0 fully saturated rings. The van der Waals surface area contributed by atoms with Gasteiger partial charge in [-0.05, 0) is 19.1 Å². The number of anilines is 1. The minimum atomic E-state index is -0.905. The number of fused-ring (bicyclic) bond motifs is 1. The number of amides is 1. The Hall–Kier alpha value is -2.79. The van der Waals surface area contributed by atoms with Gasteiger partial charge in [0.1, 0.15) is 17.5 Å². The highest BCUT2D eigenvalue weighted by atomic mass is 32.2. The zero-order valence-electron chi connectivity index (χ0n) is 18.2. The molecule has 1 amide bonds. The van der Waals surface area contributed by atoms with Crippen LogP contribution in [-0.4, -0.2) is 57.2 Å². The van der Waals surface area contributed by atoms with Gasteiger partial charge in [0.15, 0.2) is 10.8 Å². The molecule has 0 saturated carbocycles. The second-order valence-electron chi connectivity index (χ2n) is 7.13. The van der Waals surface area contributed by atoms with Gasteiger partial charge in [0.25, 0.3) is 5.91 Å². The summed E-state index contributed by atoms with van der Waals surface area (Å²) in [5.41, 5.74) is 0.416. The molecule has 2 aromatic heterocycles. The van der Waals surface area contributed by atoms with Crippen LogP contribution in [0.25, 0.3) is 11.0 Å². The number of aromatic nitrogens is 4. The highest BCUT2D eigenvalue weighted by Gasteiger charge is 2.15. The Morgan fingerprint density at radius 2 is 2.06 bits per heavy atom. The summed E-state index contributed by atoms with van der Waals surface area (Å²) in [6, 6.07) is 2.84. The molecule has 0 aliphatic heterocycles. The quantitative estimate of drug-likeness (QED) is 0.255. The van der Waals surface area contributed by atoms with Crippen LogP contribution >= 0.6 is 11.8 Å². The van der Waals surface area contributed by atoms with Crippen LogP contribution in [0.5, 0.6) is 0 Å². The van der Waals surface area contributed by atoms with Crippen molar-refractivity contribution < 1.29 is 18.3 Å². The lowest BCUT2D eigenvalue weighted by Gasteiger charge is -2.11. The molecule has 0 unspecified atom stereocenters. The van der Waals surface area contributed by atoms with Gasteiger partial charge in [0.05, 0.1) is 30.3 Å². The van der Waals surface area contributed by atoms with E-state index in [0.717, 1.165) is 17.5 Å². The number of halogens is 2. The van der Waals surface area contributed by atoms with Crippen molar-refractivity contribution in [3.63, 3.8) is 0 Å². The molecule has 0 aliphatic rings. The van der Waals surface area contributed by atoms with Gasteiger partial charge in [-0.25, -0.2) is 23.4 Å². The lowest BCUT2D eigenvalue weighted by molar-refractivity contribution is 0.0948. The Kier molecular flexibility index (Phi) is 8.34. The second-order valence-corrected chi connectivity index (χ2v) is 8.67. The molecule has 11 heteroatoms. The van der Waals surface area contributed by atoms with Crippen molar-refractivity contribution in [2.24, 2.45) is 0 Å². The number of hydrogen-bond acceptors (Lipinski definition) is 7. The summed E-state index contributed by atoms with van der Waals surface area (Å²) in [7, 11) is 0. The van der Waals surface area contributed by atoms with E-state index in [4.69, 9.17) is 4.74 Å². The average molecular weight is 465 g/mol. The first-order valence-corrected chi connectivity index (χ1v) is 11.2. The van der Waals surface area contributed by atoms with Gasteiger partial charge in [-0.15, -0.1) is 0 Å². The number of ether oxygens (including phenoxy) is 1. The summed E-state index contributed by atoms with van der Waals surface area (Å²) >= 11 is 1.54. The molecular formula is C21H26F2N6O2S. The molecular weight excluding hydrogens is 438 g/mol. The Labute approximate surface area is 189 Å². The first-order chi connectivity index (χ1) is 15.4. The fourth-order valence-electron chi connectivity index (χ4n) is 2.93. The van der Waals surface area contributed by atoms with Crippen LogP contribution in [0.1, 0.15) is 31.1 Å². The second kappa shape index (κ2) is 11.2. The Bertz CT molecular complexity index is 1080. The average Bonchev–Trinajstić information content (AvgIpc) is 3.13. The molecule has 0 atom stereocenters. The number of rotatable bonds is 11. The summed E-state index contributed by atoms with van der Waals surface area (Å²) in [5, 5.41) is 11.9. The molecule has 3 rings (SSSR count). The third-order valence-electron chi connectivity index (χ3n) is 4.34. The maximum Gasteiger partial charge on any atom is 0.254 e. The zero-order valence-corrected chi connectivity index (χ0v) is 19.0. The smallest absolute Gasteiger partial charge is 0.254 e. The third-order valence-corrected chi connectivity index (χ3v) is 5.21. The molecule has 1 aromatic carbocycles. The first kappa shape index (κ1) is 23.9. The first-order valence-electron chi connectivity index (χ1n) is 10.3. The minimum absolute atomic E-state index is 0.191. The molecule has 2 heterocycles. The largest absolute Gasteiger partial charge is 0.380 e. The molecule has 0 radical (unpaired) electrons. The van der Waals surface area contributed by atoms with Crippen molar-refractivity contribution in [1.82, 2.24) is 25.1 Å². The summed E-state index contributed by atoms with van der Waals surface area (Å²) in [6.07, 6.45) is 1.67. The molecule has 0 saturated heterocycles. The van der Waals surface area contributed by atoms with Gasteiger partial charge in [0.2, 0.25) is 0 Å². The topological polar surface area (TPSA) is 94.0 Å². The normalized spacial score (nSPS) is 11.3. The summed E-state index contributed by atoms with van der Waals surface area (Å²) in [5.74, 6) is -1.59. The van der Waals surface area contributed by atoms with E-state index in [2.05, 4.69) is 39.5 Å². The maximum absolute atomic E-state index is 13.8. The number of thioether (sulfide) groups is 1. The highest BCUT2D eigenvalue weighted by Crippen LogP contribution is 2.26. The Morgan fingerprint density at radius 1 is 1.25 bits per heavy atom. The zero-order chi connectivity index (χ0) is 23.1. The minimum Gasteiger partial charge on any atom is -0.380 e. The van der Waals surface area contributed by atoms with E-state index in [1.54, 1.807) is 10.9 Å². The summed E-state index contributed by atoms with van der Waals surface area (Å²) in [6.45, 7) is 8.35. The third kappa shape index (κ3) is 6.13. The highest BCUT2D eigenvalue weighted by molar-refractivity contribution is 7.99. The van der Waals surface area contributed by atoms with Crippen LogP contribution < -0.4 is 10.6 Å². The molecule has 3 aromatic rings. The number of hydrogen-bond donors (Lipinski definition) is 2. The molecule has 172 valence electrons. The van der Waals surface area contributed by atoms with Gasteiger partial charge in [-0.1, -0.05) is 25.6 Å². The van der Waals surface area contributed by atoms with Crippen LogP contribution in [0.4, 0.5) is 14.6 Å². The van der Waals surface area contributed by atoms with Crippen LogP contribution in [-0.2, 0) is 11.3 Å². The molecule has 8 nitrogen and oxygen atoms in total. The van der Waals surface area contributed by atoms with Crippen LogP contribution in [0, 0.1) is 11.6 Å². The predicted molar refractivity (Wildman–Crippen MR) is 120 cm³/mol. The Morgan fingerprint density at radius 3 is 2.78 bits per heavy atom. The monoisotopic (exact) mass is 464 g/mol. The number of nitrogens with one attached hydrogen (secondary N) is 2. The Balaban J connectivity index is 1.73. The van der Waals surface area contributed by atoms with Crippen molar-refractivity contribution in [1.29, 1.82) is 0 Å². The fourth-order valence-corrected chi connectivity index (χ4v) is 3.63. The molecule has 0 bridgehead atoms. The van der Waals surface area contributed by atoms with E-state index in [9.17, 15) is 13.6 Å². The van der Waals surface area contributed by atoms with E-state index in [-0.39, 0.29) is 12.1 Å². The van der Waals surface area contributed by atoms with Gasteiger partial charge in [-0.3, -0.25) is 4.79 Å². The van der Waals surface area contributed by atoms with Crippen molar-refractivity contribution in [3.05, 3.63) is 41.6 Å². The van der Waals surface area contributed by atoms with Gasteiger partial charge >= 0.3 is 0 Å². The van der Waals surface area contributed by atoms with E-state index in [1.165, 1.54) is 11.8 Å².